The Bertz CT molecular complexity index is 908. The van der Waals surface area contributed by atoms with Crippen LogP contribution >= 0.6 is 0 Å². The number of rotatable bonds is 7. The van der Waals surface area contributed by atoms with E-state index in [0.717, 1.165) is 61.4 Å². The van der Waals surface area contributed by atoms with E-state index >= 15 is 0 Å². The molecular weight excluding hydrogens is 388 g/mol. The number of aromatic nitrogens is 2. The summed E-state index contributed by atoms with van der Waals surface area (Å²) in [6, 6.07) is 8.24. The number of hydrogen-bond acceptors (Lipinski definition) is 6. The molecule has 2 aromatic rings. The summed E-state index contributed by atoms with van der Waals surface area (Å²) in [6.07, 6.45) is 4.06. The molecule has 3 unspecified atom stereocenters. The van der Waals surface area contributed by atoms with E-state index in [1.807, 2.05) is 38.1 Å². The Kier molecular flexibility index (Phi) is 6.72. The van der Waals surface area contributed by atoms with E-state index in [9.17, 15) is 4.79 Å². The van der Waals surface area contributed by atoms with Crippen molar-refractivity contribution in [2.45, 2.75) is 58.7 Å². The normalized spacial score (nSPS) is 24.0. The number of hydrogen-bond donors (Lipinski definition) is 2. The summed E-state index contributed by atoms with van der Waals surface area (Å²) >= 11 is 0. The van der Waals surface area contributed by atoms with Crippen molar-refractivity contribution in [3.8, 4) is 0 Å². The van der Waals surface area contributed by atoms with E-state index in [4.69, 9.17) is 15.7 Å². The van der Waals surface area contributed by atoms with E-state index in [1.54, 1.807) is 0 Å². The highest BCUT2D eigenvalue weighted by molar-refractivity contribution is 5.91. The number of carbonyl (C=O) groups is 1. The first-order valence-corrected chi connectivity index (χ1v) is 11.7. The van der Waals surface area contributed by atoms with Crippen molar-refractivity contribution < 1.29 is 4.79 Å². The van der Waals surface area contributed by atoms with Gasteiger partial charge in [0, 0.05) is 37.6 Å². The average Bonchev–Trinajstić information content (AvgIpc) is 3.18. The first-order valence-electron chi connectivity index (χ1n) is 11.7. The molecule has 0 radical (unpaired) electrons. The molecule has 4 rings (SSSR count). The fourth-order valence-electron chi connectivity index (χ4n) is 5.01. The van der Waals surface area contributed by atoms with Gasteiger partial charge in [-0.3, -0.25) is 14.6 Å². The molecule has 1 amide bonds. The van der Waals surface area contributed by atoms with Crippen molar-refractivity contribution in [1.82, 2.24) is 19.8 Å². The van der Waals surface area contributed by atoms with Crippen LogP contribution in [-0.4, -0.2) is 63.9 Å². The predicted molar refractivity (Wildman–Crippen MR) is 125 cm³/mol. The number of primary amides is 1. The predicted octanol–water partition coefficient (Wildman–Crippen LogP) is 2.86. The smallest absolute Gasteiger partial charge is 0.240 e. The second kappa shape index (κ2) is 9.49. The lowest BCUT2D eigenvalue weighted by molar-refractivity contribution is -0.119. The van der Waals surface area contributed by atoms with Crippen molar-refractivity contribution in [1.29, 1.82) is 0 Å². The summed E-state index contributed by atoms with van der Waals surface area (Å²) in [5.41, 5.74) is 6.52. The minimum atomic E-state index is -0.469. The number of nitrogens with two attached hydrogens (primary N) is 1. The minimum Gasteiger partial charge on any atom is -0.368 e. The Labute approximate surface area is 185 Å². The van der Waals surface area contributed by atoms with Gasteiger partial charge in [-0.1, -0.05) is 32.9 Å². The lowest BCUT2D eigenvalue weighted by atomic mass is 10.0. The molecule has 7 nitrogen and oxygen atoms in total. The second-order valence-electron chi connectivity index (χ2n) is 9.66. The van der Waals surface area contributed by atoms with Crippen LogP contribution in [0.3, 0.4) is 0 Å². The fourth-order valence-corrected chi connectivity index (χ4v) is 5.01. The standard InChI is InChI=1S/C24H36N6O/c1-16(2)22(23(25)31)28-24-19-6-4-5-7-20(19)26-21(27-24)15-29-10-12-30(13-11-29)18-9-8-17(3)14-18/h4-7,16-18,22H,8-15H2,1-3H3,(H2,25,31)(H,26,27,28). The third-order valence-electron chi connectivity index (χ3n) is 6.87. The average molecular weight is 425 g/mol. The fraction of sp³-hybridized carbons (Fsp3) is 0.625. The molecule has 2 heterocycles. The molecule has 7 heteroatoms. The Hall–Kier alpha value is -2.25. The van der Waals surface area contributed by atoms with Crippen LogP contribution in [0.2, 0.25) is 0 Å². The van der Waals surface area contributed by atoms with Crippen LogP contribution in [0, 0.1) is 11.8 Å². The van der Waals surface area contributed by atoms with Gasteiger partial charge in [-0.25, -0.2) is 9.97 Å². The Morgan fingerprint density at radius 3 is 2.55 bits per heavy atom. The topological polar surface area (TPSA) is 87.4 Å². The van der Waals surface area contributed by atoms with Gasteiger partial charge in [-0.2, -0.15) is 0 Å². The van der Waals surface area contributed by atoms with E-state index < -0.39 is 6.04 Å². The molecule has 168 valence electrons. The molecule has 0 bridgehead atoms. The third-order valence-corrected chi connectivity index (χ3v) is 6.87. The van der Waals surface area contributed by atoms with Gasteiger partial charge in [0.1, 0.15) is 17.7 Å². The SMILES string of the molecule is CC1CCC(N2CCN(Cc3nc(NC(C(N)=O)C(C)C)c4ccccc4n3)CC2)C1. The van der Waals surface area contributed by atoms with Gasteiger partial charge in [0.05, 0.1) is 12.1 Å². The molecular formula is C24H36N6O. The first kappa shape index (κ1) is 22.0. The minimum absolute atomic E-state index is 0.0704. The molecule has 0 spiro atoms. The number of nitrogens with zero attached hydrogens (tertiary/aromatic N) is 4. The second-order valence-corrected chi connectivity index (χ2v) is 9.66. The van der Waals surface area contributed by atoms with Crippen molar-refractivity contribution in [2.75, 3.05) is 31.5 Å². The summed E-state index contributed by atoms with van der Waals surface area (Å²) in [4.78, 5) is 26.7. The molecule has 1 aliphatic heterocycles. The Morgan fingerprint density at radius 1 is 1.16 bits per heavy atom. The van der Waals surface area contributed by atoms with Gasteiger partial charge in [-0.15, -0.1) is 0 Å². The number of amides is 1. The summed E-state index contributed by atoms with van der Waals surface area (Å²) in [5, 5.41) is 4.21. The number of anilines is 1. The van der Waals surface area contributed by atoms with Crippen LogP contribution in [-0.2, 0) is 11.3 Å². The largest absolute Gasteiger partial charge is 0.368 e. The molecule has 1 saturated carbocycles. The molecule has 2 aliphatic rings. The summed E-state index contributed by atoms with van der Waals surface area (Å²) in [5.74, 6) is 2.06. The van der Waals surface area contributed by atoms with E-state index in [0.29, 0.717) is 5.82 Å². The van der Waals surface area contributed by atoms with E-state index in [-0.39, 0.29) is 11.8 Å². The van der Waals surface area contributed by atoms with Gasteiger partial charge < -0.3 is 11.1 Å². The highest BCUT2D eigenvalue weighted by atomic mass is 16.1. The van der Waals surface area contributed by atoms with Crippen molar-refractivity contribution in [3.63, 3.8) is 0 Å². The maximum absolute atomic E-state index is 11.9. The zero-order valence-electron chi connectivity index (χ0n) is 19.1. The first-order chi connectivity index (χ1) is 14.9. The summed E-state index contributed by atoms with van der Waals surface area (Å²) in [7, 11) is 0. The highest BCUT2D eigenvalue weighted by Gasteiger charge is 2.29. The van der Waals surface area contributed by atoms with Crippen LogP contribution in [0.4, 0.5) is 5.82 Å². The van der Waals surface area contributed by atoms with Crippen LogP contribution in [0.1, 0.15) is 45.9 Å². The summed E-state index contributed by atoms with van der Waals surface area (Å²) < 4.78 is 0. The van der Waals surface area contributed by atoms with Crippen LogP contribution in [0.15, 0.2) is 24.3 Å². The van der Waals surface area contributed by atoms with Gasteiger partial charge in [0.2, 0.25) is 5.91 Å². The molecule has 3 N–H and O–H groups in total. The van der Waals surface area contributed by atoms with E-state index in [1.165, 1.54) is 19.3 Å². The lowest BCUT2D eigenvalue weighted by Gasteiger charge is -2.38. The molecule has 31 heavy (non-hydrogen) atoms. The highest BCUT2D eigenvalue weighted by Crippen LogP contribution is 2.29. The maximum atomic E-state index is 11.9. The Balaban J connectivity index is 1.47. The molecule has 1 aliphatic carbocycles. The molecule has 3 atom stereocenters. The maximum Gasteiger partial charge on any atom is 0.240 e. The number of carbonyl (C=O) groups excluding carboxylic acids is 1. The van der Waals surface area contributed by atoms with Crippen molar-refractivity contribution in [2.24, 2.45) is 17.6 Å². The molecule has 1 aromatic heterocycles. The Morgan fingerprint density at radius 2 is 1.90 bits per heavy atom. The van der Waals surface area contributed by atoms with Gasteiger partial charge >= 0.3 is 0 Å². The van der Waals surface area contributed by atoms with E-state index in [2.05, 4.69) is 22.0 Å². The van der Waals surface area contributed by atoms with Crippen molar-refractivity contribution >= 4 is 22.6 Å². The quantitative estimate of drug-likeness (QED) is 0.711. The number of piperazine rings is 1. The van der Waals surface area contributed by atoms with Gasteiger partial charge in [-0.05, 0) is 43.2 Å². The van der Waals surface area contributed by atoms with Crippen LogP contribution in [0.5, 0.6) is 0 Å². The third kappa shape index (κ3) is 5.15. The zero-order valence-corrected chi connectivity index (χ0v) is 19.1. The molecule has 2 fully saturated rings. The van der Waals surface area contributed by atoms with Crippen LogP contribution < -0.4 is 11.1 Å². The molecule has 1 saturated heterocycles. The number of benzene rings is 1. The zero-order chi connectivity index (χ0) is 22.0. The summed E-state index contributed by atoms with van der Waals surface area (Å²) in [6.45, 7) is 11.4. The van der Waals surface area contributed by atoms with Gasteiger partial charge in [0.25, 0.3) is 0 Å². The monoisotopic (exact) mass is 424 g/mol. The number of nitrogens with one attached hydrogen (secondary N) is 1. The lowest BCUT2D eigenvalue weighted by Crippen LogP contribution is -2.49. The van der Waals surface area contributed by atoms with Crippen LogP contribution in [0.25, 0.3) is 10.9 Å². The number of fused-ring (bicyclic) bond motifs is 1. The van der Waals surface area contributed by atoms with Gasteiger partial charge in [0.15, 0.2) is 0 Å². The molecule has 1 aromatic carbocycles. The number of para-hydroxylation sites is 1. The van der Waals surface area contributed by atoms with Crippen molar-refractivity contribution in [3.05, 3.63) is 30.1 Å².